The van der Waals surface area contributed by atoms with Crippen LogP contribution in [0.25, 0.3) is 0 Å². The standard InChI is InChI=1S/C7H6ClNO2/c8-7(9-11)5-1-3-6(10)4-2-5/h1-4,10-11H/b9-7-. The third-order valence-electron chi connectivity index (χ3n) is 1.19. The van der Waals surface area contributed by atoms with Crippen LogP contribution in [0.15, 0.2) is 29.4 Å². The van der Waals surface area contributed by atoms with Gasteiger partial charge in [-0.15, -0.1) is 0 Å². The van der Waals surface area contributed by atoms with Crippen LogP contribution in [0, 0.1) is 0 Å². The van der Waals surface area contributed by atoms with Gasteiger partial charge in [0.25, 0.3) is 0 Å². The Hall–Kier alpha value is -1.22. The van der Waals surface area contributed by atoms with Crippen LogP contribution in [0.3, 0.4) is 0 Å². The van der Waals surface area contributed by atoms with Crippen molar-refractivity contribution in [2.75, 3.05) is 0 Å². The van der Waals surface area contributed by atoms with E-state index < -0.39 is 0 Å². The molecule has 0 unspecified atom stereocenters. The summed E-state index contributed by atoms with van der Waals surface area (Å²) in [7, 11) is 0. The van der Waals surface area contributed by atoms with E-state index in [-0.39, 0.29) is 10.9 Å². The normalized spacial score (nSPS) is 11.5. The summed E-state index contributed by atoms with van der Waals surface area (Å²) in [6, 6.07) is 6.03. The predicted octanol–water partition coefficient (Wildman–Crippen LogP) is 1.77. The molecule has 1 aromatic carbocycles. The fourth-order valence-electron chi connectivity index (χ4n) is 0.657. The second kappa shape index (κ2) is 3.25. The molecule has 0 heterocycles. The summed E-state index contributed by atoms with van der Waals surface area (Å²) >= 11 is 5.46. The molecular formula is C7H6ClNO2. The Bertz CT molecular complexity index is 268. The number of oxime groups is 1. The molecule has 0 atom stereocenters. The molecule has 0 aromatic heterocycles. The smallest absolute Gasteiger partial charge is 0.175 e. The highest BCUT2D eigenvalue weighted by Crippen LogP contribution is 2.11. The van der Waals surface area contributed by atoms with Gasteiger partial charge in [-0.05, 0) is 24.3 Å². The molecule has 0 amide bonds. The number of aromatic hydroxyl groups is 1. The number of phenols is 1. The lowest BCUT2D eigenvalue weighted by molar-refractivity contribution is 0.321. The van der Waals surface area contributed by atoms with Crippen molar-refractivity contribution in [3.8, 4) is 5.75 Å². The van der Waals surface area contributed by atoms with E-state index in [1.54, 1.807) is 12.1 Å². The molecule has 1 rings (SSSR count). The lowest BCUT2D eigenvalue weighted by atomic mass is 10.2. The summed E-state index contributed by atoms with van der Waals surface area (Å²) in [6.45, 7) is 0. The van der Waals surface area contributed by atoms with E-state index in [0.29, 0.717) is 5.56 Å². The predicted molar refractivity (Wildman–Crippen MR) is 42.3 cm³/mol. The van der Waals surface area contributed by atoms with Gasteiger partial charge in [0.15, 0.2) is 5.17 Å². The molecule has 0 radical (unpaired) electrons. The van der Waals surface area contributed by atoms with Crippen LogP contribution in [0.2, 0.25) is 0 Å². The van der Waals surface area contributed by atoms with Gasteiger partial charge in [0, 0.05) is 5.56 Å². The minimum Gasteiger partial charge on any atom is -0.508 e. The van der Waals surface area contributed by atoms with Crippen molar-refractivity contribution in [1.29, 1.82) is 0 Å². The summed E-state index contributed by atoms with van der Waals surface area (Å²) in [4.78, 5) is 0. The largest absolute Gasteiger partial charge is 0.508 e. The summed E-state index contributed by atoms with van der Waals surface area (Å²) < 4.78 is 0. The minimum absolute atomic E-state index is 0.00463. The van der Waals surface area contributed by atoms with E-state index in [9.17, 15) is 0 Å². The van der Waals surface area contributed by atoms with Crippen molar-refractivity contribution >= 4 is 16.8 Å². The van der Waals surface area contributed by atoms with Gasteiger partial charge in [0.05, 0.1) is 0 Å². The Kier molecular flexibility index (Phi) is 2.33. The number of halogens is 1. The number of nitrogens with zero attached hydrogens (tertiary/aromatic N) is 1. The molecule has 0 aliphatic heterocycles. The lowest BCUT2D eigenvalue weighted by Crippen LogP contribution is -1.88. The Morgan fingerprint density at radius 2 is 1.82 bits per heavy atom. The molecular weight excluding hydrogens is 166 g/mol. The monoisotopic (exact) mass is 171 g/mol. The highest BCUT2D eigenvalue weighted by molar-refractivity contribution is 6.69. The number of benzene rings is 1. The van der Waals surface area contributed by atoms with Crippen molar-refractivity contribution in [3.05, 3.63) is 29.8 Å². The fourth-order valence-corrected chi connectivity index (χ4v) is 0.783. The van der Waals surface area contributed by atoms with Crippen LogP contribution >= 0.6 is 11.6 Å². The van der Waals surface area contributed by atoms with Crippen LogP contribution < -0.4 is 0 Å². The second-order valence-electron chi connectivity index (χ2n) is 1.94. The SMILES string of the molecule is O/N=C(\Cl)c1ccc(O)cc1. The van der Waals surface area contributed by atoms with Crippen molar-refractivity contribution in [3.63, 3.8) is 0 Å². The van der Waals surface area contributed by atoms with Crippen molar-refractivity contribution < 1.29 is 10.3 Å². The molecule has 3 nitrogen and oxygen atoms in total. The Morgan fingerprint density at radius 1 is 1.27 bits per heavy atom. The van der Waals surface area contributed by atoms with E-state index in [0.717, 1.165) is 0 Å². The third-order valence-corrected chi connectivity index (χ3v) is 1.49. The molecule has 0 fully saturated rings. The van der Waals surface area contributed by atoms with Crippen LogP contribution in [0.1, 0.15) is 5.56 Å². The molecule has 2 N–H and O–H groups in total. The third kappa shape index (κ3) is 1.85. The van der Waals surface area contributed by atoms with Crippen LogP contribution in [0.4, 0.5) is 0 Å². The molecule has 0 aliphatic carbocycles. The molecule has 1 aromatic rings. The van der Waals surface area contributed by atoms with Crippen LogP contribution in [-0.4, -0.2) is 15.5 Å². The number of hydrogen-bond donors (Lipinski definition) is 2. The topological polar surface area (TPSA) is 52.8 Å². The van der Waals surface area contributed by atoms with E-state index >= 15 is 0 Å². The number of hydrogen-bond acceptors (Lipinski definition) is 3. The first-order chi connectivity index (χ1) is 5.24. The Balaban J connectivity index is 2.99. The number of phenolic OH excluding ortho intramolecular Hbond substituents is 1. The summed E-state index contributed by atoms with van der Waals surface area (Å²) in [6.07, 6.45) is 0. The van der Waals surface area contributed by atoms with Gasteiger partial charge in [0.2, 0.25) is 0 Å². The summed E-state index contributed by atoms with van der Waals surface area (Å²) in [5.74, 6) is 0.149. The molecule has 58 valence electrons. The zero-order chi connectivity index (χ0) is 8.27. The van der Waals surface area contributed by atoms with Crippen LogP contribution in [0.5, 0.6) is 5.75 Å². The van der Waals surface area contributed by atoms with E-state index in [1.807, 2.05) is 0 Å². The quantitative estimate of drug-likeness (QED) is 0.384. The van der Waals surface area contributed by atoms with Crippen molar-refractivity contribution in [2.45, 2.75) is 0 Å². The van der Waals surface area contributed by atoms with Crippen molar-refractivity contribution in [1.82, 2.24) is 0 Å². The van der Waals surface area contributed by atoms with Crippen LogP contribution in [-0.2, 0) is 0 Å². The summed E-state index contributed by atoms with van der Waals surface area (Å²) in [5, 5.41) is 19.9. The van der Waals surface area contributed by atoms with Gasteiger partial charge < -0.3 is 10.3 Å². The second-order valence-corrected chi connectivity index (χ2v) is 2.30. The van der Waals surface area contributed by atoms with E-state index in [2.05, 4.69) is 5.16 Å². The first kappa shape index (κ1) is 7.88. The Morgan fingerprint density at radius 3 is 2.27 bits per heavy atom. The fraction of sp³-hybridized carbons (Fsp3) is 0. The highest BCUT2D eigenvalue weighted by Gasteiger charge is 1.98. The minimum atomic E-state index is 0.00463. The highest BCUT2D eigenvalue weighted by atomic mass is 35.5. The van der Waals surface area contributed by atoms with Gasteiger partial charge >= 0.3 is 0 Å². The molecule has 0 saturated carbocycles. The molecule has 0 spiro atoms. The Labute approximate surface area is 68.5 Å². The van der Waals surface area contributed by atoms with Gasteiger partial charge in [0.1, 0.15) is 5.75 Å². The average Bonchev–Trinajstić information content (AvgIpc) is 2.05. The van der Waals surface area contributed by atoms with E-state index in [4.69, 9.17) is 21.9 Å². The zero-order valence-corrected chi connectivity index (χ0v) is 6.28. The van der Waals surface area contributed by atoms with Gasteiger partial charge in [-0.1, -0.05) is 16.8 Å². The van der Waals surface area contributed by atoms with Gasteiger partial charge in [-0.3, -0.25) is 0 Å². The summed E-state index contributed by atoms with van der Waals surface area (Å²) in [5.41, 5.74) is 0.562. The molecule has 0 bridgehead atoms. The molecule has 11 heavy (non-hydrogen) atoms. The van der Waals surface area contributed by atoms with Gasteiger partial charge in [-0.25, -0.2) is 0 Å². The van der Waals surface area contributed by atoms with Crippen molar-refractivity contribution in [2.24, 2.45) is 5.16 Å². The maximum absolute atomic E-state index is 8.87. The first-order valence-electron chi connectivity index (χ1n) is 2.91. The van der Waals surface area contributed by atoms with E-state index in [1.165, 1.54) is 12.1 Å². The molecule has 0 aliphatic rings. The average molecular weight is 172 g/mol. The zero-order valence-electron chi connectivity index (χ0n) is 5.53. The molecule has 0 saturated heterocycles. The lowest BCUT2D eigenvalue weighted by Gasteiger charge is -1.94. The van der Waals surface area contributed by atoms with Gasteiger partial charge in [-0.2, -0.15) is 0 Å². The first-order valence-corrected chi connectivity index (χ1v) is 3.29. The molecule has 4 heteroatoms. The maximum Gasteiger partial charge on any atom is 0.175 e. The maximum atomic E-state index is 8.87. The number of rotatable bonds is 1.